The lowest BCUT2D eigenvalue weighted by molar-refractivity contribution is -0.137. The van der Waals surface area contributed by atoms with E-state index in [0.29, 0.717) is 5.69 Å². The van der Waals surface area contributed by atoms with Gasteiger partial charge in [0.2, 0.25) is 5.91 Å². The summed E-state index contributed by atoms with van der Waals surface area (Å²) in [5.41, 5.74) is 0.713. The highest BCUT2D eigenvalue weighted by molar-refractivity contribution is 5.92. The van der Waals surface area contributed by atoms with Gasteiger partial charge in [0.1, 0.15) is 0 Å². The van der Waals surface area contributed by atoms with Crippen molar-refractivity contribution in [3.63, 3.8) is 0 Å². The third-order valence-electron chi connectivity index (χ3n) is 4.19. The molecule has 1 aromatic heterocycles. The van der Waals surface area contributed by atoms with Gasteiger partial charge in [-0.3, -0.25) is 9.69 Å². The fraction of sp³-hybridized carbons (Fsp3) is 0.353. The Morgan fingerprint density at radius 3 is 2.62 bits per heavy atom. The van der Waals surface area contributed by atoms with Crippen LogP contribution in [0, 0.1) is 0 Å². The van der Waals surface area contributed by atoms with E-state index in [1.165, 1.54) is 12.1 Å². The van der Waals surface area contributed by atoms with Gasteiger partial charge >= 0.3 is 6.18 Å². The van der Waals surface area contributed by atoms with Crippen molar-refractivity contribution in [3.05, 3.63) is 53.9 Å². The maximum Gasteiger partial charge on any atom is 0.416 e. The molecule has 24 heavy (non-hydrogen) atoms. The summed E-state index contributed by atoms with van der Waals surface area (Å²) in [6.45, 7) is 1.04. The minimum absolute atomic E-state index is 0.179. The molecule has 1 aliphatic rings. The maximum absolute atomic E-state index is 12.5. The minimum Gasteiger partial charge on any atom is -0.364 e. The fourth-order valence-corrected chi connectivity index (χ4v) is 3.05. The number of nitrogens with one attached hydrogen (secondary N) is 2. The Morgan fingerprint density at radius 1 is 1.25 bits per heavy atom. The molecule has 1 atom stereocenters. The number of carbonyl (C=O) groups is 1. The Bertz CT molecular complexity index is 680. The molecule has 7 heteroatoms. The number of H-pyrrole nitrogens is 1. The number of benzene rings is 1. The van der Waals surface area contributed by atoms with Crippen LogP contribution >= 0.6 is 0 Å². The maximum atomic E-state index is 12.5. The predicted octanol–water partition coefficient (Wildman–Crippen LogP) is 3.81. The summed E-state index contributed by atoms with van der Waals surface area (Å²) < 4.78 is 37.6. The fourth-order valence-electron chi connectivity index (χ4n) is 3.05. The summed E-state index contributed by atoms with van der Waals surface area (Å²) in [4.78, 5) is 17.4. The first-order chi connectivity index (χ1) is 11.4. The zero-order valence-electron chi connectivity index (χ0n) is 12.9. The number of hydrogen-bond acceptors (Lipinski definition) is 2. The molecule has 1 saturated heterocycles. The molecule has 1 amide bonds. The van der Waals surface area contributed by atoms with E-state index in [2.05, 4.69) is 15.2 Å². The zero-order valence-corrected chi connectivity index (χ0v) is 12.9. The van der Waals surface area contributed by atoms with Crippen LogP contribution in [0.3, 0.4) is 0 Å². The van der Waals surface area contributed by atoms with Crippen LogP contribution in [-0.4, -0.2) is 28.9 Å². The number of anilines is 1. The Hall–Kier alpha value is -2.28. The predicted molar refractivity (Wildman–Crippen MR) is 84.4 cm³/mol. The molecule has 4 nitrogen and oxygen atoms in total. The number of likely N-dealkylation sites (tertiary alicyclic amines) is 1. The number of amides is 1. The topological polar surface area (TPSA) is 48.1 Å². The third kappa shape index (κ3) is 3.79. The van der Waals surface area contributed by atoms with E-state index in [9.17, 15) is 18.0 Å². The molecule has 2 heterocycles. The van der Waals surface area contributed by atoms with Gasteiger partial charge in [-0.25, -0.2) is 0 Å². The SMILES string of the molecule is O=C(CN1CCC[C@H]1c1ccc[nH]1)Nc1ccc(C(F)(F)F)cc1. The Morgan fingerprint density at radius 2 is 2.00 bits per heavy atom. The molecule has 1 fully saturated rings. The number of aromatic nitrogens is 1. The summed E-state index contributed by atoms with van der Waals surface area (Å²) in [6.07, 6.45) is -0.527. The first-order valence-corrected chi connectivity index (χ1v) is 7.78. The standard InChI is InChI=1S/C17H18F3N3O/c18-17(19,20)12-5-7-13(8-6-12)22-16(24)11-23-10-2-4-15(23)14-3-1-9-21-14/h1,3,5-9,15,21H,2,4,10-11H2,(H,22,24)/t15-/m0/s1. The highest BCUT2D eigenvalue weighted by Crippen LogP contribution is 2.31. The second kappa shape index (κ2) is 6.68. The van der Waals surface area contributed by atoms with E-state index in [1.807, 2.05) is 18.3 Å². The third-order valence-corrected chi connectivity index (χ3v) is 4.19. The van der Waals surface area contributed by atoms with Gasteiger partial charge in [-0.05, 0) is 55.8 Å². The molecule has 3 rings (SSSR count). The Labute approximate surface area is 137 Å². The number of nitrogens with zero attached hydrogens (tertiary/aromatic N) is 1. The number of carbonyl (C=O) groups excluding carboxylic acids is 1. The highest BCUT2D eigenvalue weighted by Gasteiger charge is 2.30. The van der Waals surface area contributed by atoms with E-state index >= 15 is 0 Å². The molecule has 1 aromatic carbocycles. The van der Waals surface area contributed by atoms with Gasteiger partial charge in [-0.1, -0.05) is 0 Å². The van der Waals surface area contributed by atoms with Crippen molar-refractivity contribution in [2.45, 2.75) is 25.1 Å². The van der Waals surface area contributed by atoms with Crippen molar-refractivity contribution >= 4 is 11.6 Å². The molecular formula is C17H18F3N3O. The van der Waals surface area contributed by atoms with Crippen LogP contribution in [0.4, 0.5) is 18.9 Å². The van der Waals surface area contributed by atoms with Crippen molar-refractivity contribution in [2.75, 3.05) is 18.4 Å². The molecule has 0 spiro atoms. The highest BCUT2D eigenvalue weighted by atomic mass is 19.4. The number of hydrogen-bond donors (Lipinski definition) is 2. The van der Waals surface area contributed by atoms with Gasteiger partial charge in [-0.15, -0.1) is 0 Å². The van der Waals surface area contributed by atoms with Crippen LogP contribution in [0.15, 0.2) is 42.6 Å². The van der Waals surface area contributed by atoms with Crippen molar-refractivity contribution in [3.8, 4) is 0 Å². The minimum atomic E-state index is -4.37. The second-order valence-corrected chi connectivity index (χ2v) is 5.88. The van der Waals surface area contributed by atoms with Crippen molar-refractivity contribution < 1.29 is 18.0 Å². The van der Waals surface area contributed by atoms with E-state index in [-0.39, 0.29) is 18.5 Å². The van der Waals surface area contributed by atoms with Gasteiger partial charge in [0, 0.05) is 17.6 Å². The number of alkyl halides is 3. The molecule has 2 N–H and O–H groups in total. The normalized spacial score (nSPS) is 18.7. The average molecular weight is 337 g/mol. The Balaban J connectivity index is 1.59. The number of aromatic amines is 1. The summed E-state index contributed by atoms with van der Waals surface area (Å²) >= 11 is 0. The summed E-state index contributed by atoms with van der Waals surface area (Å²) in [7, 11) is 0. The monoisotopic (exact) mass is 337 g/mol. The van der Waals surface area contributed by atoms with Crippen LogP contribution in [0.25, 0.3) is 0 Å². The molecule has 0 aliphatic carbocycles. The lowest BCUT2D eigenvalue weighted by atomic mass is 10.1. The lowest BCUT2D eigenvalue weighted by Gasteiger charge is -2.23. The molecule has 0 saturated carbocycles. The average Bonchev–Trinajstić information content (AvgIpc) is 3.17. The van der Waals surface area contributed by atoms with Gasteiger partial charge in [0.25, 0.3) is 0 Å². The summed E-state index contributed by atoms with van der Waals surface area (Å²) in [5, 5.41) is 2.66. The smallest absolute Gasteiger partial charge is 0.364 e. The van der Waals surface area contributed by atoms with E-state index < -0.39 is 11.7 Å². The molecule has 0 bridgehead atoms. The first kappa shape index (κ1) is 16.6. The first-order valence-electron chi connectivity index (χ1n) is 7.78. The molecule has 2 aromatic rings. The van der Waals surface area contributed by atoms with Crippen LogP contribution in [0.1, 0.15) is 30.1 Å². The quantitative estimate of drug-likeness (QED) is 0.891. The van der Waals surface area contributed by atoms with Crippen LogP contribution < -0.4 is 5.32 Å². The molecule has 0 radical (unpaired) electrons. The van der Waals surface area contributed by atoms with Gasteiger partial charge in [0.15, 0.2) is 0 Å². The van der Waals surface area contributed by atoms with Crippen molar-refractivity contribution in [2.24, 2.45) is 0 Å². The van der Waals surface area contributed by atoms with Gasteiger partial charge in [0.05, 0.1) is 18.2 Å². The summed E-state index contributed by atoms with van der Waals surface area (Å²) in [5.74, 6) is -0.229. The molecule has 1 aliphatic heterocycles. The van der Waals surface area contributed by atoms with E-state index in [1.54, 1.807) is 0 Å². The number of halogens is 3. The lowest BCUT2D eigenvalue weighted by Crippen LogP contribution is -2.33. The van der Waals surface area contributed by atoms with Crippen molar-refractivity contribution in [1.82, 2.24) is 9.88 Å². The van der Waals surface area contributed by atoms with E-state index in [4.69, 9.17) is 0 Å². The largest absolute Gasteiger partial charge is 0.416 e. The van der Waals surface area contributed by atoms with E-state index in [0.717, 1.165) is 37.2 Å². The molecule has 0 unspecified atom stereocenters. The molecular weight excluding hydrogens is 319 g/mol. The summed E-state index contributed by atoms with van der Waals surface area (Å²) in [6, 6.07) is 8.57. The molecule has 128 valence electrons. The van der Waals surface area contributed by atoms with Crippen LogP contribution in [0.5, 0.6) is 0 Å². The second-order valence-electron chi connectivity index (χ2n) is 5.88. The van der Waals surface area contributed by atoms with Crippen molar-refractivity contribution in [1.29, 1.82) is 0 Å². The van der Waals surface area contributed by atoms with Crippen LogP contribution in [-0.2, 0) is 11.0 Å². The number of rotatable bonds is 4. The Kier molecular flexibility index (Phi) is 4.62. The van der Waals surface area contributed by atoms with Gasteiger partial charge in [-0.2, -0.15) is 13.2 Å². The van der Waals surface area contributed by atoms with Crippen LogP contribution in [0.2, 0.25) is 0 Å². The zero-order chi connectivity index (χ0) is 17.2. The van der Waals surface area contributed by atoms with Gasteiger partial charge < -0.3 is 10.3 Å².